The molecule has 1 aromatic rings. The largest absolute Gasteiger partial charge is 0.496 e. The Morgan fingerprint density at radius 3 is 2.76 bits per heavy atom. The molecule has 1 aliphatic carbocycles. The molecule has 1 aliphatic rings. The number of benzene rings is 1. The van der Waals surface area contributed by atoms with Gasteiger partial charge in [0.25, 0.3) is 0 Å². The van der Waals surface area contributed by atoms with Crippen LogP contribution in [0.2, 0.25) is 0 Å². The van der Waals surface area contributed by atoms with Crippen molar-refractivity contribution in [1.29, 1.82) is 0 Å². The minimum atomic E-state index is 0.808. The van der Waals surface area contributed by atoms with E-state index in [4.69, 9.17) is 9.94 Å². The number of nitrogens with zero attached hydrogens (tertiary/aromatic N) is 1. The molecule has 0 saturated heterocycles. The minimum Gasteiger partial charge on any atom is -0.496 e. The van der Waals surface area contributed by atoms with Crippen LogP contribution in [0.1, 0.15) is 31.2 Å². The van der Waals surface area contributed by atoms with Crippen molar-refractivity contribution < 1.29 is 9.94 Å². The second kappa shape index (κ2) is 5.53. The molecule has 0 radical (unpaired) electrons. The second-order valence-corrected chi connectivity index (χ2v) is 4.17. The Bertz CT molecular complexity index is 449. The van der Waals surface area contributed by atoms with E-state index in [2.05, 4.69) is 11.2 Å². The van der Waals surface area contributed by atoms with Gasteiger partial charge in [0.15, 0.2) is 0 Å². The van der Waals surface area contributed by atoms with Crippen molar-refractivity contribution in [2.45, 2.75) is 25.7 Å². The van der Waals surface area contributed by atoms with E-state index >= 15 is 0 Å². The Labute approximate surface area is 101 Å². The smallest absolute Gasteiger partial charge is 0.126 e. The molecule has 0 bridgehead atoms. The first-order chi connectivity index (χ1) is 8.35. The van der Waals surface area contributed by atoms with Gasteiger partial charge >= 0.3 is 0 Å². The molecule has 0 aliphatic heterocycles. The van der Waals surface area contributed by atoms with Gasteiger partial charge in [0.1, 0.15) is 5.75 Å². The molecule has 17 heavy (non-hydrogen) atoms. The summed E-state index contributed by atoms with van der Waals surface area (Å²) in [5, 5.41) is 12.4. The van der Waals surface area contributed by atoms with Crippen LogP contribution in [0.15, 0.2) is 35.0 Å². The first-order valence-electron chi connectivity index (χ1n) is 5.90. The minimum absolute atomic E-state index is 0.808. The molecule has 2 rings (SSSR count). The van der Waals surface area contributed by atoms with E-state index in [-0.39, 0.29) is 0 Å². The zero-order valence-electron chi connectivity index (χ0n) is 10.0. The Morgan fingerprint density at radius 1 is 1.24 bits per heavy atom. The predicted molar refractivity (Wildman–Crippen MR) is 68.7 cm³/mol. The van der Waals surface area contributed by atoms with Crippen LogP contribution in [0.4, 0.5) is 0 Å². The fourth-order valence-corrected chi connectivity index (χ4v) is 2.16. The number of hydrogen-bond acceptors (Lipinski definition) is 3. The molecular weight excluding hydrogens is 214 g/mol. The average Bonchev–Trinajstić information content (AvgIpc) is 2.40. The van der Waals surface area contributed by atoms with Gasteiger partial charge in [-0.2, -0.15) is 0 Å². The van der Waals surface area contributed by atoms with Crippen LogP contribution < -0.4 is 4.74 Å². The van der Waals surface area contributed by atoms with Gasteiger partial charge in [0, 0.05) is 5.56 Å². The van der Waals surface area contributed by atoms with Crippen molar-refractivity contribution in [2.24, 2.45) is 5.16 Å². The van der Waals surface area contributed by atoms with Gasteiger partial charge in [0.2, 0.25) is 0 Å². The summed E-state index contributed by atoms with van der Waals surface area (Å²) in [6.07, 6.45) is 6.14. The fraction of sp³-hybridized carbons (Fsp3) is 0.357. The molecule has 0 atom stereocenters. The van der Waals surface area contributed by atoms with Crippen molar-refractivity contribution in [1.82, 2.24) is 0 Å². The van der Waals surface area contributed by atoms with Crippen LogP contribution in [0.25, 0.3) is 6.08 Å². The quantitative estimate of drug-likeness (QED) is 0.625. The van der Waals surface area contributed by atoms with E-state index in [1.165, 1.54) is 0 Å². The van der Waals surface area contributed by atoms with E-state index in [1.807, 2.05) is 24.3 Å². The Hall–Kier alpha value is -1.77. The summed E-state index contributed by atoms with van der Waals surface area (Å²) >= 11 is 0. The molecule has 0 aromatic heterocycles. The highest BCUT2D eigenvalue weighted by Crippen LogP contribution is 2.26. The van der Waals surface area contributed by atoms with E-state index in [9.17, 15) is 0 Å². The zero-order chi connectivity index (χ0) is 12.1. The Morgan fingerprint density at radius 2 is 2.00 bits per heavy atom. The molecular formula is C14H17NO2. The number of oxime groups is 1. The Balaban J connectivity index is 2.33. The third-order valence-corrected chi connectivity index (χ3v) is 3.07. The number of ether oxygens (including phenoxy) is 1. The lowest BCUT2D eigenvalue weighted by molar-refractivity contribution is 0.316. The van der Waals surface area contributed by atoms with E-state index in [1.54, 1.807) is 7.11 Å². The summed E-state index contributed by atoms with van der Waals surface area (Å²) in [7, 11) is 1.67. The lowest BCUT2D eigenvalue weighted by atomic mass is 9.91. The molecule has 0 heterocycles. The van der Waals surface area contributed by atoms with Gasteiger partial charge in [-0.15, -0.1) is 0 Å². The number of para-hydroxylation sites is 1. The SMILES string of the molecule is COc1ccccc1/C=C1/CCCC/C1=N\O. The summed E-state index contributed by atoms with van der Waals surface area (Å²) < 4.78 is 5.31. The summed E-state index contributed by atoms with van der Waals surface area (Å²) in [5.41, 5.74) is 2.96. The third-order valence-electron chi connectivity index (χ3n) is 3.07. The van der Waals surface area contributed by atoms with Gasteiger partial charge in [-0.05, 0) is 43.4 Å². The predicted octanol–water partition coefficient (Wildman–Crippen LogP) is 3.48. The molecule has 0 spiro atoms. The van der Waals surface area contributed by atoms with Gasteiger partial charge in [0.05, 0.1) is 12.8 Å². The zero-order valence-corrected chi connectivity index (χ0v) is 10.0. The van der Waals surface area contributed by atoms with Crippen LogP contribution in [0, 0.1) is 0 Å². The normalized spacial score (nSPS) is 20.8. The van der Waals surface area contributed by atoms with Crippen LogP contribution in [-0.2, 0) is 0 Å². The maximum absolute atomic E-state index is 8.98. The van der Waals surface area contributed by atoms with Crippen molar-refractivity contribution in [3.8, 4) is 5.75 Å². The first kappa shape index (κ1) is 11.7. The maximum Gasteiger partial charge on any atom is 0.126 e. The van der Waals surface area contributed by atoms with Gasteiger partial charge in [-0.3, -0.25) is 0 Å². The maximum atomic E-state index is 8.98. The lowest BCUT2D eigenvalue weighted by Crippen LogP contribution is -2.09. The fourth-order valence-electron chi connectivity index (χ4n) is 2.16. The number of rotatable bonds is 2. The van der Waals surface area contributed by atoms with Crippen molar-refractivity contribution in [3.05, 3.63) is 35.4 Å². The highest BCUT2D eigenvalue weighted by Gasteiger charge is 2.14. The van der Waals surface area contributed by atoms with Crippen molar-refractivity contribution >= 4 is 11.8 Å². The standard InChI is InChI=1S/C14H17NO2/c1-17-14-9-5-3-7-12(14)10-11-6-2-4-8-13(11)15-16/h3,5,7,9-10,16H,2,4,6,8H2,1H3/b11-10-,15-13+. The topological polar surface area (TPSA) is 41.8 Å². The van der Waals surface area contributed by atoms with E-state index in [0.717, 1.165) is 48.3 Å². The van der Waals surface area contributed by atoms with Gasteiger partial charge in [-0.25, -0.2) is 0 Å². The van der Waals surface area contributed by atoms with Gasteiger partial charge in [-0.1, -0.05) is 23.4 Å². The molecule has 0 amide bonds. The molecule has 3 nitrogen and oxygen atoms in total. The number of hydrogen-bond donors (Lipinski definition) is 1. The second-order valence-electron chi connectivity index (χ2n) is 4.17. The monoisotopic (exact) mass is 231 g/mol. The Kier molecular flexibility index (Phi) is 3.81. The molecule has 1 fully saturated rings. The summed E-state index contributed by atoms with van der Waals surface area (Å²) in [5.74, 6) is 0.850. The highest BCUT2D eigenvalue weighted by atomic mass is 16.5. The summed E-state index contributed by atoms with van der Waals surface area (Å²) in [6, 6.07) is 7.87. The molecule has 90 valence electrons. The van der Waals surface area contributed by atoms with Crippen LogP contribution in [0.5, 0.6) is 5.75 Å². The number of methoxy groups -OCH3 is 1. The van der Waals surface area contributed by atoms with E-state index < -0.39 is 0 Å². The third kappa shape index (κ3) is 2.67. The van der Waals surface area contributed by atoms with Crippen molar-refractivity contribution in [2.75, 3.05) is 7.11 Å². The summed E-state index contributed by atoms with van der Waals surface area (Å²) in [6.45, 7) is 0. The van der Waals surface area contributed by atoms with Crippen LogP contribution in [0.3, 0.4) is 0 Å². The molecule has 1 aromatic carbocycles. The summed E-state index contributed by atoms with van der Waals surface area (Å²) in [4.78, 5) is 0. The van der Waals surface area contributed by atoms with Crippen molar-refractivity contribution in [3.63, 3.8) is 0 Å². The number of allylic oxidation sites excluding steroid dienone is 1. The van der Waals surface area contributed by atoms with Gasteiger partial charge < -0.3 is 9.94 Å². The molecule has 0 unspecified atom stereocenters. The lowest BCUT2D eigenvalue weighted by Gasteiger charge is -2.15. The van der Waals surface area contributed by atoms with Crippen LogP contribution in [-0.4, -0.2) is 18.0 Å². The first-order valence-corrected chi connectivity index (χ1v) is 5.90. The van der Waals surface area contributed by atoms with E-state index in [0.29, 0.717) is 0 Å². The molecule has 1 N–H and O–H groups in total. The molecule has 1 saturated carbocycles. The average molecular weight is 231 g/mol. The van der Waals surface area contributed by atoms with Crippen LogP contribution >= 0.6 is 0 Å². The molecule has 3 heteroatoms. The highest BCUT2D eigenvalue weighted by molar-refractivity contribution is 6.04.